The number of unbranched alkanes of at least 4 members (excludes halogenated alkanes) is 3. The highest BCUT2D eigenvalue weighted by Gasteiger charge is 2.01. The van der Waals surface area contributed by atoms with Crippen molar-refractivity contribution in [2.75, 3.05) is 0 Å². The normalized spacial score (nSPS) is 15.1. The maximum absolute atomic E-state index is 10.3. The van der Waals surface area contributed by atoms with Gasteiger partial charge in [0, 0.05) is 6.42 Å². The fourth-order valence-electron chi connectivity index (χ4n) is 2.02. The first-order chi connectivity index (χ1) is 11.6. The average molecular weight is 336 g/mol. The first kappa shape index (κ1) is 22.4. The van der Waals surface area contributed by atoms with E-state index >= 15 is 0 Å². The van der Waals surface area contributed by atoms with Crippen LogP contribution in [-0.4, -0.2) is 33.5 Å². The van der Waals surface area contributed by atoms with Crippen molar-refractivity contribution in [2.24, 2.45) is 0 Å². The van der Waals surface area contributed by atoms with Gasteiger partial charge in [0.2, 0.25) is 0 Å². The van der Waals surface area contributed by atoms with E-state index in [0.717, 1.165) is 6.42 Å². The molecule has 0 bridgehead atoms. The van der Waals surface area contributed by atoms with Gasteiger partial charge in [0.1, 0.15) is 0 Å². The van der Waals surface area contributed by atoms with Crippen LogP contribution in [0.4, 0.5) is 0 Å². The highest BCUT2D eigenvalue weighted by atomic mass is 16.4. The molecule has 0 aromatic rings. The van der Waals surface area contributed by atoms with Crippen LogP contribution in [0, 0.1) is 0 Å². The van der Waals surface area contributed by atoms with Gasteiger partial charge in [-0.1, -0.05) is 68.4 Å². The van der Waals surface area contributed by atoms with Gasteiger partial charge in [0.05, 0.1) is 12.2 Å². The van der Waals surface area contributed by atoms with Crippen molar-refractivity contribution >= 4 is 5.97 Å². The first-order valence-corrected chi connectivity index (χ1v) is 8.80. The molecular formula is C20H32O4. The minimum Gasteiger partial charge on any atom is -0.481 e. The molecule has 0 radical (unpaired) electrons. The molecule has 4 nitrogen and oxygen atoms in total. The Morgan fingerprint density at radius 1 is 0.917 bits per heavy atom. The summed E-state index contributed by atoms with van der Waals surface area (Å²) >= 11 is 0. The van der Waals surface area contributed by atoms with Crippen LogP contribution < -0.4 is 0 Å². The van der Waals surface area contributed by atoms with Crippen molar-refractivity contribution in [3.63, 3.8) is 0 Å². The Labute approximate surface area is 145 Å². The lowest BCUT2D eigenvalue weighted by atomic mass is 10.1. The third-order valence-corrected chi connectivity index (χ3v) is 3.41. The summed E-state index contributed by atoms with van der Waals surface area (Å²) in [7, 11) is 0. The molecule has 2 atom stereocenters. The van der Waals surface area contributed by atoms with Crippen LogP contribution in [0.5, 0.6) is 0 Å². The Morgan fingerprint density at radius 2 is 1.58 bits per heavy atom. The van der Waals surface area contributed by atoms with Gasteiger partial charge in [-0.2, -0.15) is 0 Å². The molecule has 136 valence electrons. The molecule has 0 aromatic heterocycles. The van der Waals surface area contributed by atoms with Crippen molar-refractivity contribution < 1.29 is 20.1 Å². The standard InChI is InChI=1S/C20H32O4/c1-2-3-4-5-6-9-13-18(21)14-10-7-8-11-15-19(22)16-12-17-20(23)24/h6-11,14-15,18-19,21-22H,2-5,12-13,16-17H2,1H3,(H,23,24)/b8-7-,9-6+,14-10+,15-11+/t18-,19-/m1/s1. The molecule has 0 aromatic carbocycles. The second kappa shape index (κ2) is 16.2. The lowest BCUT2D eigenvalue weighted by Gasteiger charge is -2.02. The van der Waals surface area contributed by atoms with E-state index < -0.39 is 18.2 Å². The van der Waals surface area contributed by atoms with Crippen LogP contribution in [0.15, 0.2) is 48.6 Å². The molecule has 0 heterocycles. The summed E-state index contributed by atoms with van der Waals surface area (Å²) in [6.07, 6.45) is 19.8. The number of carboxylic acid groups (broad SMARTS) is 1. The Balaban J connectivity index is 3.81. The van der Waals surface area contributed by atoms with Crippen LogP contribution in [0.2, 0.25) is 0 Å². The fourth-order valence-corrected chi connectivity index (χ4v) is 2.02. The van der Waals surface area contributed by atoms with Crippen molar-refractivity contribution in [3.8, 4) is 0 Å². The van der Waals surface area contributed by atoms with Gasteiger partial charge in [-0.25, -0.2) is 0 Å². The minimum atomic E-state index is -0.842. The number of aliphatic hydroxyl groups is 2. The molecule has 0 spiro atoms. The Kier molecular flexibility index (Phi) is 15.1. The molecule has 3 N–H and O–H groups in total. The molecule has 0 amide bonds. The summed E-state index contributed by atoms with van der Waals surface area (Å²) in [4.78, 5) is 10.3. The summed E-state index contributed by atoms with van der Waals surface area (Å²) < 4.78 is 0. The number of allylic oxidation sites excluding steroid dienone is 5. The van der Waals surface area contributed by atoms with Crippen molar-refractivity contribution in [3.05, 3.63) is 48.6 Å². The van der Waals surface area contributed by atoms with Gasteiger partial charge in [-0.3, -0.25) is 4.79 Å². The molecule has 0 fully saturated rings. The summed E-state index contributed by atoms with van der Waals surface area (Å²) in [6.45, 7) is 2.18. The largest absolute Gasteiger partial charge is 0.481 e. The van der Waals surface area contributed by atoms with Crippen LogP contribution in [-0.2, 0) is 4.79 Å². The Hall–Kier alpha value is -1.65. The van der Waals surface area contributed by atoms with Crippen LogP contribution in [0.3, 0.4) is 0 Å². The molecule has 0 saturated carbocycles. The predicted octanol–water partition coefficient (Wildman–Crippen LogP) is 4.16. The van der Waals surface area contributed by atoms with E-state index in [2.05, 4.69) is 13.0 Å². The average Bonchev–Trinajstić information content (AvgIpc) is 2.53. The lowest BCUT2D eigenvalue weighted by Crippen LogP contribution is -2.03. The van der Waals surface area contributed by atoms with Crippen LogP contribution in [0.25, 0.3) is 0 Å². The molecule has 24 heavy (non-hydrogen) atoms. The summed E-state index contributed by atoms with van der Waals surface area (Å²) in [5.74, 6) is -0.842. The van der Waals surface area contributed by atoms with Crippen molar-refractivity contribution in [1.82, 2.24) is 0 Å². The summed E-state index contributed by atoms with van der Waals surface area (Å²) in [5, 5.41) is 27.9. The van der Waals surface area contributed by atoms with E-state index in [1.54, 1.807) is 36.5 Å². The van der Waals surface area contributed by atoms with E-state index in [9.17, 15) is 15.0 Å². The van der Waals surface area contributed by atoms with Gasteiger partial charge in [-0.15, -0.1) is 0 Å². The Bertz CT molecular complexity index is 421. The zero-order valence-electron chi connectivity index (χ0n) is 14.7. The van der Waals surface area contributed by atoms with E-state index in [4.69, 9.17) is 5.11 Å². The van der Waals surface area contributed by atoms with E-state index in [1.165, 1.54) is 19.3 Å². The number of carbonyl (C=O) groups is 1. The number of hydrogen-bond acceptors (Lipinski definition) is 3. The van der Waals surface area contributed by atoms with Crippen molar-refractivity contribution in [1.29, 1.82) is 0 Å². The zero-order chi connectivity index (χ0) is 18.0. The molecule has 0 saturated heterocycles. The third-order valence-electron chi connectivity index (χ3n) is 3.41. The SMILES string of the molecule is CCCCC/C=C/C[C@@H](O)/C=C/C=C\C=C\[C@@H](O)CCCC(=O)O. The van der Waals surface area contributed by atoms with Gasteiger partial charge >= 0.3 is 5.97 Å². The maximum atomic E-state index is 10.3. The monoisotopic (exact) mass is 336 g/mol. The van der Waals surface area contributed by atoms with Gasteiger partial charge < -0.3 is 15.3 Å². The molecule has 0 aliphatic heterocycles. The van der Waals surface area contributed by atoms with Crippen LogP contribution in [0.1, 0.15) is 58.3 Å². The molecule has 0 aliphatic carbocycles. The number of hydrogen-bond donors (Lipinski definition) is 3. The predicted molar refractivity (Wildman–Crippen MR) is 98.8 cm³/mol. The number of aliphatic carboxylic acids is 1. The second-order valence-corrected chi connectivity index (χ2v) is 5.78. The topological polar surface area (TPSA) is 77.8 Å². The molecule has 4 heteroatoms. The maximum Gasteiger partial charge on any atom is 0.303 e. The fraction of sp³-hybridized carbons (Fsp3) is 0.550. The van der Waals surface area contributed by atoms with E-state index in [-0.39, 0.29) is 6.42 Å². The molecular weight excluding hydrogens is 304 g/mol. The lowest BCUT2D eigenvalue weighted by molar-refractivity contribution is -0.137. The van der Waals surface area contributed by atoms with E-state index in [1.807, 2.05) is 6.08 Å². The van der Waals surface area contributed by atoms with Crippen molar-refractivity contribution in [2.45, 2.75) is 70.5 Å². The number of aliphatic hydroxyl groups excluding tert-OH is 2. The first-order valence-electron chi connectivity index (χ1n) is 8.80. The summed E-state index contributed by atoms with van der Waals surface area (Å²) in [5.41, 5.74) is 0. The van der Waals surface area contributed by atoms with Gasteiger partial charge in [0.15, 0.2) is 0 Å². The smallest absolute Gasteiger partial charge is 0.303 e. The molecule has 0 rings (SSSR count). The van der Waals surface area contributed by atoms with E-state index in [0.29, 0.717) is 19.3 Å². The number of rotatable bonds is 14. The highest BCUT2D eigenvalue weighted by Crippen LogP contribution is 2.03. The molecule has 0 aliphatic rings. The van der Waals surface area contributed by atoms with Crippen LogP contribution >= 0.6 is 0 Å². The quantitative estimate of drug-likeness (QED) is 0.253. The second-order valence-electron chi connectivity index (χ2n) is 5.78. The minimum absolute atomic E-state index is 0.0778. The zero-order valence-corrected chi connectivity index (χ0v) is 14.7. The highest BCUT2D eigenvalue weighted by molar-refractivity contribution is 5.66. The summed E-state index contributed by atoms with van der Waals surface area (Å²) in [6, 6.07) is 0. The molecule has 0 unspecified atom stereocenters. The van der Waals surface area contributed by atoms with Gasteiger partial charge in [0.25, 0.3) is 0 Å². The third kappa shape index (κ3) is 16.7. The number of carboxylic acids is 1. The van der Waals surface area contributed by atoms with Gasteiger partial charge in [-0.05, 0) is 32.1 Å². The Morgan fingerprint density at radius 3 is 2.21 bits per heavy atom.